The lowest BCUT2D eigenvalue weighted by molar-refractivity contribution is 0.229. The highest BCUT2D eigenvalue weighted by atomic mass is 35.5. The van der Waals surface area contributed by atoms with Gasteiger partial charge in [0.1, 0.15) is 17.5 Å². The minimum atomic E-state index is -0.202. The summed E-state index contributed by atoms with van der Waals surface area (Å²) in [6.07, 6.45) is 5.31. The molecule has 3 heterocycles. The van der Waals surface area contributed by atoms with Crippen LogP contribution in [0.15, 0.2) is 61.1 Å². The van der Waals surface area contributed by atoms with E-state index < -0.39 is 0 Å². The number of aryl methyl sites for hydroxylation is 1. The Morgan fingerprint density at radius 2 is 2.03 bits per heavy atom. The van der Waals surface area contributed by atoms with Gasteiger partial charge in [0.15, 0.2) is 0 Å². The van der Waals surface area contributed by atoms with Crippen molar-refractivity contribution in [3.63, 3.8) is 0 Å². The van der Waals surface area contributed by atoms with Crippen LogP contribution in [0, 0.1) is 0 Å². The zero-order chi connectivity index (χ0) is 20.0. The first-order valence-corrected chi connectivity index (χ1v) is 9.64. The predicted molar refractivity (Wildman–Crippen MR) is 114 cm³/mol. The third-order valence-electron chi connectivity index (χ3n) is 4.98. The number of aromatic nitrogens is 5. The van der Waals surface area contributed by atoms with E-state index in [2.05, 4.69) is 20.3 Å². The maximum Gasteiger partial charge on any atom is 0.122 e. The summed E-state index contributed by atoms with van der Waals surface area (Å²) in [5.41, 5.74) is 4.61. The molecule has 7 heteroatoms. The van der Waals surface area contributed by atoms with Gasteiger partial charge in [-0.3, -0.25) is 14.8 Å². The van der Waals surface area contributed by atoms with Gasteiger partial charge in [0.05, 0.1) is 17.2 Å². The van der Waals surface area contributed by atoms with Crippen LogP contribution in [0.1, 0.15) is 18.6 Å². The average molecular weight is 404 g/mol. The molecule has 0 saturated heterocycles. The number of H-pyrrole nitrogens is 1. The SMILES string of the molecule is CC(Oc1ccc2[nH]nc(-c3cnn(C)c3)c2c1)c1cc(Cl)cc2ncccc12. The molecule has 0 aliphatic heterocycles. The molecule has 1 N–H and O–H groups in total. The lowest BCUT2D eigenvalue weighted by atomic mass is 10.0. The Morgan fingerprint density at radius 3 is 2.86 bits per heavy atom. The lowest BCUT2D eigenvalue weighted by Gasteiger charge is -2.17. The predicted octanol–water partition coefficient (Wildman–Crippen LogP) is 5.31. The molecule has 0 aliphatic carbocycles. The molecule has 0 bridgehead atoms. The highest BCUT2D eigenvalue weighted by molar-refractivity contribution is 6.31. The fourth-order valence-electron chi connectivity index (χ4n) is 3.61. The van der Waals surface area contributed by atoms with Gasteiger partial charge in [0, 0.05) is 46.4 Å². The maximum absolute atomic E-state index is 6.31. The summed E-state index contributed by atoms with van der Waals surface area (Å²) in [6, 6.07) is 13.7. The fraction of sp³-hybridized carbons (Fsp3) is 0.136. The number of nitrogens with one attached hydrogen (secondary N) is 1. The van der Waals surface area contributed by atoms with E-state index in [4.69, 9.17) is 16.3 Å². The van der Waals surface area contributed by atoms with Crippen LogP contribution in [0.2, 0.25) is 5.02 Å². The topological polar surface area (TPSA) is 68.6 Å². The normalized spacial score (nSPS) is 12.5. The molecular formula is C22H18ClN5O. The quantitative estimate of drug-likeness (QED) is 0.441. The minimum Gasteiger partial charge on any atom is -0.486 e. The summed E-state index contributed by atoms with van der Waals surface area (Å²) in [5, 5.41) is 14.4. The van der Waals surface area contributed by atoms with Gasteiger partial charge in [-0.25, -0.2) is 0 Å². The Balaban J connectivity index is 1.52. The Morgan fingerprint density at radius 1 is 1.14 bits per heavy atom. The van der Waals surface area contributed by atoms with Crippen molar-refractivity contribution in [2.45, 2.75) is 13.0 Å². The van der Waals surface area contributed by atoms with Gasteiger partial charge < -0.3 is 4.74 Å². The number of hydrogen-bond acceptors (Lipinski definition) is 4. The summed E-state index contributed by atoms with van der Waals surface area (Å²) in [6.45, 7) is 2.01. The third kappa shape index (κ3) is 3.21. The molecular weight excluding hydrogens is 386 g/mol. The number of halogens is 1. The van der Waals surface area contributed by atoms with E-state index in [-0.39, 0.29) is 6.10 Å². The number of rotatable bonds is 4. The highest BCUT2D eigenvalue weighted by Gasteiger charge is 2.15. The molecule has 0 spiro atoms. The van der Waals surface area contributed by atoms with Crippen molar-refractivity contribution < 1.29 is 4.74 Å². The zero-order valence-corrected chi connectivity index (χ0v) is 16.7. The van der Waals surface area contributed by atoms with Crippen molar-refractivity contribution in [1.29, 1.82) is 0 Å². The molecule has 5 rings (SSSR count). The van der Waals surface area contributed by atoms with E-state index >= 15 is 0 Å². The van der Waals surface area contributed by atoms with E-state index in [0.29, 0.717) is 5.02 Å². The Kier molecular flexibility index (Phi) is 4.21. The van der Waals surface area contributed by atoms with Gasteiger partial charge in [0.2, 0.25) is 0 Å². The van der Waals surface area contributed by atoms with Gasteiger partial charge in [-0.15, -0.1) is 0 Å². The summed E-state index contributed by atoms with van der Waals surface area (Å²) < 4.78 is 8.05. The Hall–Kier alpha value is -3.38. The van der Waals surface area contributed by atoms with E-state index in [9.17, 15) is 0 Å². The molecule has 0 radical (unpaired) electrons. The molecule has 5 aromatic rings. The number of benzene rings is 2. The molecule has 3 aromatic heterocycles. The largest absolute Gasteiger partial charge is 0.486 e. The smallest absolute Gasteiger partial charge is 0.122 e. The van der Waals surface area contributed by atoms with E-state index in [1.165, 1.54) is 0 Å². The minimum absolute atomic E-state index is 0.202. The standard InChI is InChI=1S/C22H18ClN5O/c1-13(18-8-15(23)9-21-17(18)4-3-7-24-21)29-16-5-6-20-19(10-16)22(27-26-20)14-11-25-28(2)12-14/h3-13H,1-2H3,(H,26,27). The van der Waals surface area contributed by atoms with Gasteiger partial charge >= 0.3 is 0 Å². The van der Waals surface area contributed by atoms with E-state index in [0.717, 1.165) is 44.4 Å². The second-order valence-corrected chi connectivity index (χ2v) is 7.44. The zero-order valence-electron chi connectivity index (χ0n) is 15.9. The highest BCUT2D eigenvalue weighted by Crippen LogP contribution is 2.33. The second-order valence-electron chi connectivity index (χ2n) is 7.01. The van der Waals surface area contributed by atoms with Crippen molar-refractivity contribution in [3.8, 4) is 17.0 Å². The second kappa shape index (κ2) is 6.90. The van der Waals surface area contributed by atoms with Gasteiger partial charge in [-0.1, -0.05) is 17.7 Å². The first-order chi connectivity index (χ1) is 14.1. The summed E-state index contributed by atoms with van der Waals surface area (Å²) in [5.74, 6) is 0.758. The van der Waals surface area contributed by atoms with Crippen LogP contribution in [0.25, 0.3) is 33.1 Å². The van der Waals surface area contributed by atoms with Gasteiger partial charge in [-0.2, -0.15) is 10.2 Å². The van der Waals surface area contributed by atoms with Crippen molar-refractivity contribution in [2.75, 3.05) is 0 Å². The summed E-state index contributed by atoms with van der Waals surface area (Å²) >= 11 is 6.31. The van der Waals surface area contributed by atoms with Crippen LogP contribution in [-0.4, -0.2) is 25.0 Å². The van der Waals surface area contributed by atoms with Gasteiger partial charge in [0.25, 0.3) is 0 Å². The number of pyridine rings is 1. The molecule has 2 aromatic carbocycles. The monoisotopic (exact) mass is 403 g/mol. The number of nitrogens with zero attached hydrogens (tertiary/aromatic N) is 4. The first-order valence-electron chi connectivity index (χ1n) is 9.26. The van der Waals surface area contributed by atoms with Crippen LogP contribution in [0.4, 0.5) is 0 Å². The van der Waals surface area contributed by atoms with E-state index in [1.54, 1.807) is 17.1 Å². The van der Waals surface area contributed by atoms with Crippen molar-refractivity contribution in [2.24, 2.45) is 7.05 Å². The lowest BCUT2D eigenvalue weighted by Crippen LogP contribution is -2.04. The number of aromatic amines is 1. The van der Waals surface area contributed by atoms with Crippen LogP contribution < -0.4 is 4.74 Å². The molecule has 1 unspecified atom stereocenters. The maximum atomic E-state index is 6.31. The first kappa shape index (κ1) is 17.7. The van der Waals surface area contributed by atoms with E-state index in [1.807, 2.05) is 62.6 Å². The third-order valence-corrected chi connectivity index (χ3v) is 5.20. The summed E-state index contributed by atoms with van der Waals surface area (Å²) in [4.78, 5) is 4.41. The molecule has 0 amide bonds. The van der Waals surface area contributed by atoms with Crippen LogP contribution in [-0.2, 0) is 7.05 Å². The Bertz CT molecular complexity index is 1340. The number of hydrogen-bond donors (Lipinski definition) is 1. The molecule has 1 atom stereocenters. The fourth-order valence-corrected chi connectivity index (χ4v) is 3.83. The van der Waals surface area contributed by atoms with Crippen LogP contribution in [0.5, 0.6) is 5.75 Å². The molecule has 0 aliphatic rings. The van der Waals surface area contributed by atoms with Crippen LogP contribution >= 0.6 is 11.6 Å². The molecule has 29 heavy (non-hydrogen) atoms. The molecule has 0 saturated carbocycles. The van der Waals surface area contributed by atoms with Crippen LogP contribution in [0.3, 0.4) is 0 Å². The number of ether oxygens (including phenoxy) is 1. The molecule has 0 fully saturated rings. The van der Waals surface area contributed by atoms with Gasteiger partial charge in [-0.05, 0) is 43.3 Å². The number of fused-ring (bicyclic) bond motifs is 2. The molecule has 6 nitrogen and oxygen atoms in total. The Labute approximate surface area is 172 Å². The van der Waals surface area contributed by atoms with Crippen molar-refractivity contribution in [1.82, 2.24) is 25.0 Å². The average Bonchev–Trinajstić information content (AvgIpc) is 3.32. The van der Waals surface area contributed by atoms with Crippen molar-refractivity contribution >= 4 is 33.4 Å². The van der Waals surface area contributed by atoms with Crippen molar-refractivity contribution in [3.05, 3.63) is 71.6 Å². The molecule has 144 valence electrons. The summed E-state index contributed by atoms with van der Waals surface area (Å²) in [7, 11) is 1.89.